The van der Waals surface area contributed by atoms with Crippen LogP contribution in [0, 0.1) is 11.3 Å². The Kier molecular flexibility index (Phi) is 7.09. The van der Waals surface area contributed by atoms with Crippen LogP contribution in [0.2, 0.25) is 0 Å². The van der Waals surface area contributed by atoms with Crippen molar-refractivity contribution in [2.45, 2.75) is 13.8 Å². The van der Waals surface area contributed by atoms with E-state index in [0.717, 1.165) is 16.9 Å². The maximum atomic E-state index is 12.2. The molecule has 176 valence electrons. The summed E-state index contributed by atoms with van der Waals surface area (Å²) in [5.41, 5.74) is 3.43. The summed E-state index contributed by atoms with van der Waals surface area (Å²) < 4.78 is 12.9. The summed E-state index contributed by atoms with van der Waals surface area (Å²) in [5.74, 6) is 1.49. The first-order valence-electron chi connectivity index (χ1n) is 11.3. The summed E-state index contributed by atoms with van der Waals surface area (Å²) in [6.07, 6.45) is 5.11. The number of hydrogen-bond donors (Lipinski definition) is 0. The maximum absolute atomic E-state index is 12.2. The molecule has 34 heavy (non-hydrogen) atoms. The second kappa shape index (κ2) is 10.4. The number of fused-ring (bicyclic) bond motifs is 1. The molecule has 1 saturated heterocycles. The van der Waals surface area contributed by atoms with Gasteiger partial charge in [-0.1, -0.05) is 6.58 Å². The van der Waals surface area contributed by atoms with Crippen LogP contribution in [-0.4, -0.2) is 71.4 Å². The molecular formula is C25H28N6O3. The average molecular weight is 461 g/mol. The number of pyridine rings is 2. The third kappa shape index (κ3) is 4.87. The van der Waals surface area contributed by atoms with E-state index in [4.69, 9.17) is 9.47 Å². The molecule has 0 bridgehead atoms. The number of nitriles is 1. The van der Waals surface area contributed by atoms with Crippen molar-refractivity contribution >= 4 is 17.2 Å². The lowest BCUT2D eigenvalue weighted by atomic mass is 10.1. The van der Waals surface area contributed by atoms with Crippen molar-refractivity contribution in [2.75, 3.05) is 50.9 Å². The molecule has 4 rings (SSSR count). The molecule has 0 aliphatic carbocycles. The summed E-state index contributed by atoms with van der Waals surface area (Å²) in [6.45, 7) is 11.7. The summed E-state index contributed by atoms with van der Waals surface area (Å²) in [6, 6.07) is 8.07. The number of anilines is 1. The molecule has 0 radical (unpaired) electrons. The van der Waals surface area contributed by atoms with Crippen LogP contribution >= 0.6 is 0 Å². The standard InChI is InChI=1S/C25H28N6O3/c1-4-33-11-12-34-21-13-22(24-20(14-26)16-28-31(24)17-21)19-5-6-23(27-15-19)29-7-9-30(10-8-29)25(32)18(2)3/h5-6,13,15-17H,2,4,7-12H2,1,3H3. The highest BCUT2D eigenvalue weighted by molar-refractivity contribution is 5.92. The Morgan fingerprint density at radius 2 is 2.00 bits per heavy atom. The maximum Gasteiger partial charge on any atom is 0.249 e. The van der Waals surface area contributed by atoms with Crippen LogP contribution in [0.25, 0.3) is 16.6 Å². The van der Waals surface area contributed by atoms with Gasteiger partial charge in [-0.25, -0.2) is 9.50 Å². The smallest absolute Gasteiger partial charge is 0.249 e. The summed E-state index contributed by atoms with van der Waals surface area (Å²) in [5, 5.41) is 13.9. The average Bonchev–Trinajstić information content (AvgIpc) is 3.29. The number of ether oxygens (including phenoxy) is 2. The Morgan fingerprint density at radius 1 is 1.21 bits per heavy atom. The van der Waals surface area contributed by atoms with Gasteiger partial charge >= 0.3 is 0 Å². The van der Waals surface area contributed by atoms with Gasteiger partial charge in [0.1, 0.15) is 24.2 Å². The first-order chi connectivity index (χ1) is 16.5. The Labute approximate surface area is 198 Å². The van der Waals surface area contributed by atoms with Crippen molar-refractivity contribution in [3.8, 4) is 22.9 Å². The van der Waals surface area contributed by atoms with E-state index in [1.807, 2.05) is 30.0 Å². The second-order valence-electron chi connectivity index (χ2n) is 8.06. The number of hydrogen-bond acceptors (Lipinski definition) is 7. The fourth-order valence-corrected chi connectivity index (χ4v) is 3.98. The Hall–Kier alpha value is -3.90. The van der Waals surface area contributed by atoms with Crippen molar-refractivity contribution in [2.24, 2.45) is 0 Å². The normalized spacial score (nSPS) is 13.7. The van der Waals surface area contributed by atoms with E-state index in [9.17, 15) is 10.1 Å². The first-order valence-corrected chi connectivity index (χ1v) is 11.3. The highest BCUT2D eigenvalue weighted by atomic mass is 16.5. The van der Waals surface area contributed by atoms with Crippen LogP contribution in [0.3, 0.4) is 0 Å². The summed E-state index contributed by atoms with van der Waals surface area (Å²) in [7, 11) is 0. The minimum atomic E-state index is 0.00411. The first kappa shape index (κ1) is 23.3. The highest BCUT2D eigenvalue weighted by Gasteiger charge is 2.22. The summed E-state index contributed by atoms with van der Waals surface area (Å²) >= 11 is 0. The van der Waals surface area contributed by atoms with Gasteiger partial charge in [-0.05, 0) is 32.0 Å². The molecule has 4 heterocycles. The minimum absolute atomic E-state index is 0.00411. The molecule has 1 amide bonds. The molecule has 1 aliphatic heterocycles. The molecule has 9 heteroatoms. The number of carbonyl (C=O) groups is 1. The molecule has 0 spiro atoms. The van der Waals surface area contributed by atoms with Gasteiger partial charge < -0.3 is 19.3 Å². The minimum Gasteiger partial charge on any atom is -0.490 e. The van der Waals surface area contributed by atoms with E-state index in [-0.39, 0.29) is 5.91 Å². The molecule has 0 saturated carbocycles. The van der Waals surface area contributed by atoms with Crippen LogP contribution in [-0.2, 0) is 9.53 Å². The third-order valence-electron chi connectivity index (χ3n) is 5.72. The van der Waals surface area contributed by atoms with E-state index >= 15 is 0 Å². The zero-order valence-corrected chi connectivity index (χ0v) is 19.5. The molecule has 9 nitrogen and oxygen atoms in total. The number of carbonyl (C=O) groups excluding carboxylic acids is 1. The molecule has 0 aromatic carbocycles. The highest BCUT2D eigenvalue weighted by Crippen LogP contribution is 2.31. The van der Waals surface area contributed by atoms with Gasteiger partial charge in [-0.2, -0.15) is 10.4 Å². The number of amides is 1. The van der Waals surface area contributed by atoms with Gasteiger partial charge in [0, 0.05) is 55.7 Å². The van der Waals surface area contributed by atoms with Crippen molar-refractivity contribution in [1.29, 1.82) is 5.26 Å². The molecule has 1 aliphatic rings. The number of nitrogens with zero attached hydrogens (tertiary/aromatic N) is 6. The van der Waals surface area contributed by atoms with Crippen molar-refractivity contribution in [3.63, 3.8) is 0 Å². The van der Waals surface area contributed by atoms with Crippen LogP contribution in [0.4, 0.5) is 5.82 Å². The van der Waals surface area contributed by atoms with E-state index in [2.05, 4.69) is 27.6 Å². The van der Waals surface area contributed by atoms with Gasteiger partial charge in [-0.15, -0.1) is 0 Å². The fourth-order valence-electron chi connectivity index (χ4n) is 3.98. The third-order valence-corrected chi connectivity index (χ3v) is 5.72. The van der Waals surface area contributed by atoms with Crippen molar-refractivity contribution < 1.29 is 14.3 Å². The molecule has 1 fully saturated rings. The van der Waals surface area contributed by atoms with Gasteiger partial charge in [0.05, 0.1) is 30.1 Å². The number of aromatic nitrogens is 3. The lowest BCUT2D eigenvalue weighted by Gasteiger charge is -2.35. The number of piperazine rings is 1. The summed E-state index contributed by atoms with van der Waals surface area (Å²) in [4.78, 5) is 20.8. The Bertz CT molecular complexity index is 1220. The quantitative estimate of drug-likeness (QED) is 0.377. The van der Waals surface area contributed by atoms with E-state index < -0.39 is 0 Å². The van der Waals surface area contributed by atoms with Crippen LogP contribution in [0.1, 0.15) is 19.4 Å². The largest absolute Gasteiger partial charge is 0.490 e. The van der Waals surface area contributed by atoms with Gasteiger partial charge in [0.25, 0.3) is 0 Å². The molecule has 0 atom stereocenters. The van der Waals surface area contributed by atoms with Gasteiger partial charge in [-0.3, -0.25) is 4.79 Å². The predicted octanol–water partition coefficient (Wildman–Crippen LogP) is 2.91. The lowest BCUT2D eigenvalue weighted by Crippen LogP contribution is -2.49. The van der Waals surface area contributed by atoms with Crippen LogP contribution in [0.15, 0.2) is 48.9 Å². The monoisotopic (exact) mass is 460 g/mol. The second-order valence-corrected chi connectivity index (χ2v) is 8.06. The molecular weight excluding hydrogens is 432 g/mol. The Morgan fingerprint density at radius 3 is 2.65 bits per heavy atom. The number of rotatable bonds is 8. The topological polar surface area (TPSA) is 96.0 Å². The van der Waals surface area contributed by atoms with Crippen LogP contribution in [0.5, 0.6) is 5.75 Å². The van der Waals surface area contributed by atoms with Gasteiger partial charge in [0.2, 0.25) is 5.91 Å². The zero-order valence-electron chi connectivity index (χ0n) is 19.5. The predicted molar refractivity (Wildman–Crippen MR) is 129 cm³/mol. The lowest BCUT2D eigenvalue weighted by molar-refractivity contribution is -0.127. The van der Waals surface area contributed by atoms with E-state index in [0.29, 0.717) is 68.4 Å². The van der Waals surface area contributed by atoms with Crippen molar-refractivity contribution in [3.05, 3.63) is 54.5 Å². The zero-order chi connectivity index (χ0) is 24.1. The molecule has 3 aromatic heterocycles. The SMILES string of the molecule is C=C(C)C(=O)N1CCN(c2ccc(-c3cc(OCCOCC)cn4ncc(C#N)c34)cn2)CC1. The fraction of sp³-hybridized carbons (Fsp3) is 0.360. The molecule has 0 unspecified atom stereocenters. The van der Waals surface area contributed by atoms with E-state index in [1.54, 1.807) is 30.0 Å². The molecule has 0 N–H and O–H groups in total. The molecule has 3 aromatic rings. The van der Waals surface area contributed by atoms with Gasteiger partial charge in [0.15, 0.2) is 0 Å². The van der Waals surface area contributed by atoms with Crippen LogP contribution < -0.4 is 9.64 Å². The van der Waals surface area contributed by atoms with E-state index in [1.165, 1.54) is 0 Å². The van der Waals surface area contributed by atoms with Crippen molar-refractivity contribution in [1.82, 2.24) is 19.5 Å². The Balaban J connectivity index is 1.56.